The SMILES string of the molecule is CC(=O)Nc1cccc2n(C)c(-c3ccc(OC(=O)N(C)C)cc3)c[n+]12.[Cl-]. The summed E-state index contributed by atoms with van der Waals surface area (Å²) in [4.78, 5) is 24.4. The van der Waals surface area contributed by atoms with E-state index in [2.05, 4.69) is 5.32 Å². The predicted octanol–water partition coefficient (Wildman–Crippen LogP) is -0.546. The van der Waals surface area contributed by atoms with Crippen molar-refractivity contribution in [1.82, 2.24) is 9.47 Å². The van der Waals surface area contributed by atoms with Crippen LogP contribution in [0.2, 0.25) is 0 Å². The van der Waals surface area contributed by atoms with Crippen LogP contribution in [0.25, 0.3) is 16.9 Å². The predicted molar refractivity (Wildman–Crippen MR) is 98.0 cm³/mol. The number of ether oxygens (including phenoxy) is 1. The Morgan fingerprint density at radius 2 is 1.78 bits per heavy atom. The fraction of sp³-hybridized carbons (Fsp3) is 0.211. The zero-order valence-corrected chi connectivity index (χ0v) is 16.3. The fourth-order valence-electron chi connectivity index (χ4n) is 2.69. The largest absolute Gasteiger partial charge is 1.00 e. The van der Waals surface area contributed by atoms with Gasteiger partial charge in [-0.3, -0.25) is 9.36 Å². The van der Waals surface area contributed by atoms with Crippen LogP contribution in [0.4, 0.5) is 10.6 Å². The van der Waals surface area contributed by atoms with E-state index >= 15 is 0 Å². The number of amides is 2. The summed E-state index contributed by atoms with van der Waals surface area (Å²) >= 11 is 0. The molecule has 0 aliphatic rings. The van der Waals surface area contributed by atoms with Crippen LogP contribution in [0.15, 0.2) is 48.7 Å². The average Bonchev–Trinajstić information content (AvgIpc) is 2.93. The Kier molecular flexibility index (Phi) is 6.07. The first kappa shape index (κ1) is 20.3. The molecule has 8 heteroatoms. The maximum atomic E-state index is 11.6. The summed E-state index contributed by atoms with van der Waals surface area (Å²) in [6, 6.07) is 13.0. The molecule has 0 atom stereocenters. The summed E-state index contributed by atoms with van der Waals surface area (Å²) in [5.74, 6) is 1.06. The van der Waals surface area contributed by atoms with Gasteiger partial charge in [0.05, 0.1) is 7.05 Å². The zero-order chi connectivity index (χ0) is 18.8. The van der Waals surface area contributed by atoms with Crippen molar-refractivity contribution < 1.29 is 31.1 Å². The summed E-state index contributed by atoms with van der Waals surface area (Å²) in [5.41, 5.74) is 2.87. The molecule has 0 aliphatic heterocycles. The number of aromatic nitrogens is 2. The van der Waals surface area contributed by atoms with Crippen LogP contribution in [0.1, 0.15) is 6.92 Å². The molecule has 0 aliphatic carbocycles. The van der Waals surface area contributed by atoms with Crippen molar-refractivity contribution in [2.24, 2.45) is 7.05 Å². The van der Waals surface area contributed by atoms with Crippen molar-refractivity contribution >= 4 is 23.5 Å². The number of halogens is 1. The Bertz CT molecular complexity index is 981. The van der Waals surface area contributed by atoms with Crippen LogP contribution < -0.4 is 26.9 Å². The average molecular weight is 389 g/mol. The summed E-state index contributed by atoms with van der Waals surface area (Å²) in [5, 5.41) is 2.83. The van der Waals surface area contributed by atoms with Gasteiger partial charge in [-0.25, -0.2) is 14.5 Å². The second kappa shape index (κ2) is 8.09. The summed E-state index contributed by atoms with van der Waals surface area (Å²) in [7, 11) is 5.23. The van der Waals surface area contributed by atoms with Crippen LogP contribution in [0.5, 0.6) is 5.75 Å². The third kappa shape index (κ3) is 4.20. The van der Waals surface area contributed by atoms with Gasteiger partial charge >= 0.3 is 6.09 Å². The second-order valence-electron chi connectivity index (χ2n) is 6.18. The Morgan fingerprint density at radius 1 is 1.11 bits per heavy atom. The minimum absolute atomic E-state index is 0. The number of fused-ring (bicyclic) bond motifs is 1. The number of nitrogens with one attached hydrogen (secondary N) is 1. The number of pyridine rings is 1. The van der Waals surface area contributed by atoms with Gasteiger partial charge in [0.2, 0.25) is 11.5 Å². The van der Waals surface area contributed by atoms with E-state index in [4.69, 9.17) is 4.74 Å². The van der Waals surface area contributed by atoms with Gasteiger partial charge in [-0.1, -0.05) is 0 Å². The molecular formula is C19H21ClN4O3. The van der Waals surface area contributed by atoms with Crippen molar-refractivity contribution in [1.29, 1.82) is 0 Å². The molecule has 0 unspecified atom stereocenters. The highest BCUT2D eigenvalue weighted by molar-refractivity contribution is 5.87. The third-order valence-electron chi connectivity index (χ3n) is 3.99. The molecular weight excluding hydrogens is 368 g/mol. The standard InChI is InChI=1S/C19H20N4O3.ClH/c1-13(24)20-17-6-5-7-18-22(4)16(12-23(17)18)14-8-10-15(11-9-14)26-19(25)21(2)3;/h5-12H,1-4H3;1H. The Labute approximate surface area is 163 Å². The first-order valence-electron chi connectivity index (χ1n) is 8.14. The number of aryl methyl sites for hydroxylation is 1. The molecule has 1 N–H and O–H groups in total. The summed E-state index contributed by atoms with van der Waals surface area (Å²) < 4.78 is 9.21. The molecule has 2 heterocycles. The molecule has 2 amide bonds. The maximum absolute atomic E-state index is 11.6. The normalized spacial score (nSPS) is 10.2. The first-order chi connectivity index (χ1) is 12.4. The Morgan fingerprint density at radius 3 is 2.37 bits per heavy atom. The number of nitrogens with zero attached hydrogens (tertiary/aromatic N) is 3. The highest BCUT2D eigenvalue weighted by Gasteiger charge is 2.17. The minimum Gasteiger partial charge on any atom is -1.00 e. The number of imidazole rings is 1. The van der Waals surface area contributed by atoms with E-state index in [1.165, 1.54) is 11.8 Å². The zero-order valence-electron chi connectivity index (χ0n) is 15.6. The quantitative estimate of drug-likeness (QED) is 0.612. The van der Waals surface area contributed by atoms with Gasteiger partial charge < -0.3 is 22.0 Å². The number of hydrogen-bond acceptors (Lipinski definition) is 3. The van der Waals surface area contributed by atoms with Gasteiger partial charge in [-0.2, -0.15) is 0 Å². The molecule has 27 heavy (non-hydrogen) atoms. The van der Waals surface area contributed by atoms with Gasteiger partial charge in [-0.15, -0.1) is 0 Å². The minimum atomic E-state index is -0.419. The Hall–Kier alpha value is -3.06. The third-order valence-corrected chi connectivity index (χ3v) is 3.99. The van der Waals surface area contributed by atoms with Crippen LogP contribution in [-0.2, 0) is 11.8 Å². The number of rotatable bonds is 3. The van der Waals surface area contributed by atoms with Crippen LogP contribution >= 0.6 is 0 Å². The lowest BCUT2D eigenvalue weighted by Crippen LogP contribution is -3.00. The first-order valence-corrected chi connectivity index (χ1v) is 8.14. The van der Waals surface area contributed by atoms with Crippen molar-refractivity contribution in [2.75, 3.05) is 19.4 Å². The molecule has 0 fully saturated rings. The second-order valence-corrected chi connectivity index (χ2v) is 6.18. The van der Waals surface area contributed by atoms with Gasteiger partial charge in [0.15, 0.2) is 0 Å². The molecule has 0 radical (unpaired) electrons. The van der Waals surface area contributed by atoms with E-state index in [1.54, 1.807) is 26.2 Å². The molecule has 0 spiro atoms. The van der Waals surface area contributed by atoms with E-state index in [0.717, 1.165) is 16.9 Å². The van der Waals surface area contributed by atoms with Crippen molar-refractivity contribution in [3.8, 4) is 17.0 Å². The summed E-state index contributed by atoms with van der Waals surface area (Å²) in [6.45, 7) is 1.48. The number of carbonyl (C=O) groups is 2. The van der Waals surface area contributed by atoms with Crippen molar-refractivity contribution in [3.05, 3.63) is 48.7 Å². The molecule has 3 rings (SSSR count). The van der Waals surface area contributed by atoms with Gasteiger partial charge in [0.25, 0.3) is 5.91 Å². The topological polar surface area (TPSA) is 67.7 Å². The summed E-state index contributed by atoms with van der Waals surface area (Å²) in [6.07, 6.45) is 1.54. The number of benzene rings is 1. The van der Waals surface area contributed by atoms with Crippen LogP contribution in [0, 0.1) is 0 Å². The highest BCUT2D eigenvalue weighted by Crippen LogP contribution is 2.23. The van der Waals surface area contributed by atoms with E-state index in [-0.39, 0.29) is 18.3 Å². The Balaban J connectivity index is 0.00000261. The lowest BCUT2D eigenvalue weighted by atomic mass is 10.1. The monoisotopic (exact) mass is 388 g/mol. The molecule has 0 saturated carbocycles. The van der Waals surface area contributed by atoms with Gasteiger partial charge in [-0.05, 0) is 30.3 Å². The van der Waals surface area contributed by atoms with Crippen LogP contribution in [0.3, 0.4) is 0 Å². The van der Waals surface area contributed by atoms with Gasteiger partial charge in [0, 0.05) is 38.7 Å². The fourth-order valence-corrected chi connectivity index (χ4v) is 2.69. The van der Waals surface area contributed by atoms with Crippen molar-refractivity contribution in [3.63, 3.8) is 0 Å². The van der Waals surface area contributed by atoms with Crippen molar-refractivity contribution in [2.45, 2.75) is 6.92 Å². The maximum Gasteiger partial charge on any atom is 0.414 e. The van der Waals surface area contributed by atoms with E-state index in [1.807, 2.05) is 52.5 Å². The molecule has 7 nitrogen and oxygen atoms in total. The molecule has 142 valence electrons. The number of anilines is 1. The smallest absolute Gasteiger partial charge is 0.414 e. The molecule has 2 aromatic heterocycles. The van der Waals surface area contributed by atoms with E-state index in [9.17, 15) is 9.59 Å². The van der Waals surface area contributed by atoms with Crippen LogP contribution in [-0.4, -0.2) is 35.6 Å². The molecule has 3 aromatic rings. The number of carbonyl (C=O) groups excluding carboxylic acids is 2. The van der Waals surface area contributed by atoms with E-state index < -0.39 is 6.09 Å². The van der Waals surface area contributed by atoms with Gasteiger partial charge in [0.1, 0.15) is 17.6 Å². The molecule has 0 saturated heterocycles. The lowest BCUT2D eigenvalue weighted by Gasteiger charge is -2.10. The highest BCUT2D eigenvalue weighted by atomic mass is 35.5. The number of hydrogen-bond donors (Lipinski definition) is 1. The molecule has 0 bridgehead atoms. The van der Waals surface area contributed by atoms with E-state index in [0.29, 0.717) is 11.6 Å². The molecule has 1 aromatic carbocycles. The lowest BCUT2D eigenvalue weighted by molar-refractivity contribution is -0.494.